The van der Waals surface area contributed by atoms with Gasteiger partial charge in [-0.05, 0) is 42.0 Å². The maximum atomic E-state index is 12.2. The minimum absolute atomic E-state index is 0.0958. The second-order valence-electron chi connectivity index (χ2n) is 7.35. The average Bonchev–Trinajstić information content (AvgIpc) is 3.33. The molecule has 1 atom stereocenters. The number of imidazole rings is 1. The van der Waals surface area contributed by atoms with Gasteiger partial charge in [0.2, 0.25) is 0 Å². The fourth-order valence-electron chi connectivity index (χ4n) is 3.25. The molecule has 0 spiro atoms. The van der Waals surface area contributed by atoms with E-state index in [1.807, 2.05) is 84.9 Å². The van der Waals surface area contributed by atoms with Crippen LogP contribution in [0.1, 0.15) is 18.0 Å². The van der Waals surface area contributed by atoms with Gasteiger partial charge in [-0.25, -0.2) is 9.78 Å². The van der Waals surface area contributed by atoms with Crippen LogP contribution in [0.25, 0.3) is 11.3 Å². The number of carbonyl (C=O) groups is 2. The Morgan fingerprint density at radius 1 is 0.879 bits per heavy atom. The molecule has 0 saturated heterocycles. The highest BCUT2D eigenvalue weighted by molar-refractivity contribution is 5.80. The van der Waals surface area contributed by atoms with Gasteiger partial charge in [0.15, 0.2) is 0 Å². The Morgan fingerprint density at radius 2 is 1.52 bits per heavy atom. The molecule has 33 heavy (non-hydrogen) atoms. The fraction of sp³-hybridized carbons (Fsp3) is 0.115. The first-order valence-electron chi connectivity index (χ1n) is 10.4. The summed E-state index contributed by atoms with van der Waals surface area (Å²) in [6, 6.07) is 24.9. The Labute approximate surface area is 190 Å². The third-order valence-corrected chi connectivity index (χ3v) is 4.98. The van der Waals surface area contributed by atoms with Gasteiger partial charge in [0.1, 0.15) is 24.1 Å². The van der Waals surface area contributed by atoms with Crippen LogP contribution in [0.5, 0.6) is 11.5 Å². The zero-order valence-corrected chi connectivity index (χ0v) is 17.7. The number of ether oxygens (including phenoxy) is 2. The number of rotatable bonds is 9. The lowest BCUT2D eigenvalue weighted by Crippen LogP contribution is -2.22. The largest absolute Gasteiger partial charge is 0.480 e. The van der Waals surface area contributed by atoms with E-state index < -0.39 is 18.0 Å². The Hall–Kier alpha value is -4.39. The van der Waals surface area contributed by atoms with E-state index in [0.717, 1.165) is 16.9 Å². The van der Waals surface area contributed by atoms with E-state index in [-0.39, 0.29) is 13.0 Å². The van der Waals surface area contributed by atoms with Crippen molar-refractivity contribution in [3.05, 3.63) is 103 Å². The molecular formula is C26H22N2O5. The van der Waals surface area contributed by atoms with Crippen LogP contribution in [0.4, 0.5) is 0 Å². The molecule has 3 aromatic carbocycles. The summed E-state index contributed by atoms with van der Waals surface area (Å²) in [6.45, 7) is 0.0958. The van der Waals surface area contributed by atoms with Crippen molar-refractivity contribution in [2.45, 2.75) is 19.1 Å². The van der Waals surface area contributed by atoms with Gasteiger partial charge >= 0.3 is 11.9 Å². The number of esters is 1. The molecule has 0 bridgehead atoms. The van der Waals surface area contributed by atoms with Gasteiger partial charge in [-0.2, -0.15) is 0 Å². The Balaban J connectivity index is 1.40. The summed E-state index contributed by atoms with van der Waals surface area (Å²) in [4.78, 5) is 28.3. The fourth-order valence-corrected chi connectivity index (χ4v) is 3.25. The summed E-state index contributed by atoms with van der Waals surface area (Å²) < 4.78 is 12.4. The smallest absolute Gasteiger partial charge is 0.327 e. The number of aliphatic carboxylic acids is 1. The molecule has 0 saturated carbocycles. The monoisotopic (exact) mass is 442 g/mol. The Kier molecular flexibility index (Phi) is 6.80. The molecule has 0 aliphatic carbocycles. The van der Waals surface area contributed by atoms with Gasteiger partial charge in [0, 0.05) is 11.8 Å². The van der Waals surface area contributed by atoms with Gasteiger partial charge < -0.3 is 19.1 Å². The molecule has 0 radical (unpaired) electrons. The van der Waals surface area contributed by atoms with Gasteiger partial charge in [-0.1, -0.05) is 48.5 Å². The summed E-state index contributed by atoms with van der Waals surface area (Å²) in [7, 11) is 0. The number of hydrogen-bond acceptors (Lipinski definition) is 5. The number of carboxylic acid groups (broad SMARTS) is 1. The van der Waals surface area contributed by atoms with Crippen LogP contribution in [-0.4, -0.2) is 26.6 Å². The molecule has 0 aliphatic heterocycles. The van der Waals surface area contributed by atoms with E-state index in [1.165, 1.54) is 10.9 Å². The van der Waals surface area contributed by atoms with Crippen LogP contribution in [0.2, 0.25) is 0 Å². The van der Waals surface area contributed by atoms with Crippen molar-refractivity contribution in [3.63, 3.8) is 0 Å². The van der Waals surface area contributed by atoms with Crippen molar-refractivity contribution in [1.29, 1.82) is 0 Å². The van der Waals surface area contributed by atoms with Crippen molar-refractivity contribution in [3.8, 4) is 22.8 Å². The minimum atomic E-state index is -1.14. The molecule has 1 heterocycles. The third-order valence-electron chi connectivity index (χ3n) is 4.98. The second-order valence-corrected chi connectivity index (χ2v) is 7.35. The van der Waals surface area contributed by atoms with Crippen LogP contribution in [0.3, 0.4) is 0 Å². The van der Waals surface area contributed by atoms with E-state index in [2.05, 4.69) is 4.98 Å². The lowest BCUT2D eigenvalue weighted by molar-refractivity contribution is -0.151. The van der Waals surface area contributed by atoms with Gasteiger partial charge in [-0.15, -0.1) is 0 Å². The molecule has 0 amide bonds. The van der Waals surface area contributed by atoms with E-state index in [4.69, 9.17) is 9.47 Å². The topological polar surface area (TPSA) is 90.7 Å². The van der Waals surface area contributed by atoms with Crippen molar-refractivity contribution in [2.75, 3.05) is 0 Å². The Bertz CT molecular complexity index is 1200. The molecule has 0 fully saturated rings. The number of aromatic nitrogens is 2. The molecule has 7 nitrogen and oxygen atoms in total. The SMILES string of the molecule is O=C(CC(C(=O)O)n1cnc(-c2ccc(Oc3ccccc3)cc2)c1)OCc1ccccc1. The van der Waals surface area contributed by atoms with Gasteiger partial charge in [-0.3, -0.25) is 4.79 Å². The zero-order chi connectivity index (χ0) is 23.0. The van der Waals surface area contributed by atoms with Gasteiger partial charge in [0.05, 0.1) is 18.4 Å². The average molecular weight is 442 g/mol. The number of carbonyl (C=O) groups excluding carboxylic acids is 1. The molecule has 1 N–H and O–H groups in total. The maximum absolute atomic E-state index is 12.2. The second kappa shape index (κ2) is 10.3. The number of benzene rings is 3. The lowest BCUT2D eigenvalue weighted by Gasteiger charge is -2.13. The van der Waals surface area contributed by atoms with Gasteiger partial charge in [0.25, 0.3) is 0 Å². The normalized spacial score (nSPS) is 11.5. The first-order chi connectivity index (χ1) is 16.1. The van der Waals surface area contributed by atoms with Crippen LogP contribution < -0.4 is 4.74 Å². The van der Waals surface area contributed by atoms with Crippen LogP contribution in [-0.2, 0) is 20.9 Å². The van der Waals surface area contributed by atoms with E-state index in [1.54, 1.807) is 6.20 Å². The van der Waals surface area contributed by atoms with Crippen molar-refractivity contribution in [2.24, 2.45) is 0 Å². The minimum Gasteiger partial charge on any atom is -0.480 e. The van der Waals surface area contributed by atoms with E-state index in [0.29, 0.717) is 11.4 Å². The maximum Gasteiger partial charge on any atom is 0.327 e. The van der Waals surface area contributed by atoms with E-state index in [9.17, 15) is 14.7 Å². The molecule has 166 valence electrons. The highest BCUT2D eigenvalue weighted by Crippen LogP contribution is 2.26. The first kappa shape index (κ1) is 21.8. The van der Waals surface area contributed by atoms with Crippen molar-refractivity contribution < 1.29 is 24.2 Å². The molecule has 1 unspecified atom stereocenters. The molecule has 4 rings (SSSR count). The Morgan fingerprint density at radius 3 is 2.18 bits per heavy atom. The summed E-state index contributed by atoms with van der Waals surface area (Å²) in [5.74, 6) is -0.321. The molecule has 1 aromatic heterocycles. The molecule has 0 aliphatic rings. The highest BCUT2D eigenvalue weighted by atomic mass is 16.5. The zero-order valence-electron chi connectivity index (χ0n) is 17.7. The number of hydrogen-bond donors (Lipinski definition) is 1. The summed E-state index contributed by atoms with van der Waals surface area (Å²) in [5.41, 5.74) is 2.22. The van der Waals surface area contributed by atoms with Crippen LogP contribution >= 0.6 is 0 Å². The standard InChI is InChI=1S/C26H22N2O5/c29-25(32-17-19-7-3-1-4-8-19)15-24(26(30)31)28-16-23(27-18-28)20-11-13-22(14-12-20)33-21-9-5-2-6-10-21/h1-14,16,18,24H,15,17H2,(H,30,31). The quantitative estimate of drug-likeness (QED) is 0.363. The van der Waals surface area contributed by atoms with Crippen molar-refractivity contribution in [1.82, 2.24) is 9.55 Å². The summed E-state index contributed by atoms with van der Waals surface area (Å²) >= 11 is 0. The number of carboxylic acids is 1. The van der Waals surface area contributed by atoms with Crippen LogP contribution in [0.15, 0.2) is 97.5 Å². The summed E-state index contributed by atoms with van der Waals surface area (Å²) in [6.07, 6.45) is 2.71. The third kappa shape index (κ3) is 5.86. The molecular weight excluding hydrogens is 420 g/mol. The van der Waals surface area contributed by atoms with Crippen molar-refractivity contribution >= 4 is 11.9 Å². The highest BCUT2D eigenvalue weighted by Gasteiger charge is 2.24. The number of nitrogens with zero attached hydrogens (tertiary/aromatic N) is 2. The van der Waals surface area contributed by atoms with Crippen LogP contribution in [0, 0.1) is 0 Å². The predicted octanol–water partition coefficient (Wildman–Crippen LogP) is 5.10. The molecule has 4 aromatic rings. The first-order valence-corrected chi connectivity index (χ1v) is 10.4. The lowest BCUT2D eigenvalue weighted by atomic mass is 10.1. The summed E-state index contributed by atoms with van der Waals surface area (Å²) in [5, 5.41) is 9.64. The predicted molar refractivity (Wildman–Crippen MR) is 122 cm³/mol. The van der Waals surface area contributed by atoms with E-state index >= 15 is 0 Å². The molecule has 7 heteroatoms. The number of para-hydroxylation sites is 1.